The monoisotopic (exact) mass is 326 g/mol. The van der Waals surface area contributed by atoms with Crippen molar-refractivity contribution in [2.24, 2.45) is 0 Å². The van der Waals surface area contributed by atoms with Gasteiger partial charge in [-0.3, -0.25) is 4.79 Å². The summed E-state index contributed by atoms with van der Waals surface area (Å²) < 4.78 is 5.27. The molecule has 2 aromatic rings. The average molecular weight is 326 g/mol. The molecule has 2 aromatic heterocycles. The number of aryl methyl sites for hydroxylation is 1. The Morgan fingerprint density at radius 3 is 2.75 bits per heavy atom. The second-order valence-electron chi connectivity index (χ2n) is 6.52. The molecule has 0 aromatic carbocycles. The molecule has 2 aliphatic heterocycles. The van der Waals surface area contributed by atoms with Crippen molar-refractivity contribution in [3.8, 4) is 0 Å². The molecular formula is C18H22N4O2. The van der Waals surface area contributed by atoms with Crippen molar-refractivity contribution in [2.45, 2.75) is 39.2 Å². The number of amides is 1. The van der Waals surface area contributed by atoms with Crippen LogP contribution >= 0.6 is 0 Å². The van der Waals surface area contributed by atoms with Gasteiger partial charge in [-0.05, 0) is 38.3 Å². The first-order valence-corrected chi connectivity index (χ1v) is 8.66. The topological polar surface area (TPSA) is 62.5 Å². The molecule has 6 nitrogen and oxygen atoms in total. The summed E-state index contributed by atoms with van der Waals surface area (Å²) in [6.07, 6.45) is 5.99. The lowest BCUT2D eigenvalue weighted by Crippen LogP contribution is -2.39. The molecule has 6 heteroatoms. The highest BCUT2D eigenvalue weighted by Gasteiger charge is 2.29. The van der Waals surface area contributed by atoms with E-state index in [9.17, 15) is 4.79 Å². The fourth-order valence-corrected chi connectivity index (χ4v) is 3.61. The first-order chi connectivity index (χ1) is 11.7. The van der Waals surface area contributed by atoms with Crippen LogP contribution in [0.1, 0.15) is 46.9 Å². The first-order valence-electron chi connectivity index (χ1n) is 8.66. The quantitative estimate of drug-likeness (QED) is 0.849. The number of carbonyl (C=O) groups is 1. The number of furan rings is 1. The van der Waals surface area contributed by atoms with Crippen molar-refractivity contribution in [3.63, 3.8) is 0 Å². The second kappa shape index (κ2) is 6.26. The van der Waals surface area contributed by atoms with E-state index in [4.69, 9.17) is 9.40 Å². The van der Waals surface area contributed by atoms with Crippen molar-refractivity contribution < 1.29 is 9.21 Å². The van der Waals surface area contributed by atoms with Gasteiger partial charge in [0.05, 0.1) is 18.5 Å². The molecule has 0 unspecified atom stereocenters. The van der Waals surface area contributed by atoms with Crippen LogP contribution in [0.4, 0.5) is 5.82 Å². The molecule has 1 fully saturated rings. The Hall–Kier alpha value is -2.37. The van der Waals surface area contributed by atoms with Gasteiger partial charge < -0.3 is 14.2 Å². The van der Waals surface area contributed by atoms with Crippen LogP contribution in [0.3, 0.4) is 0 Å². The van der Waals surface area contributed by atoms with Crippen LogP contribution in [0.15, 0.2) is 22.8 Å². The normalized spacial score (nSPS) is 17.7. The van der Waals surface area contributed by atoms with Crippen molar-refractivity contribution in [1.29, 1.82) is 0 Å². The molecule has 0 aliphatic carbocycles. The fourth-order valence-electron chi connectivity index (χ4n) is 3.61. The Balaban J connectivity index is 1.65. The van der Waals surface area contributed by atoms with Gasteiger partial charge in [0.2, 0.25) is 0 Å². The SMILES string of the molecule is Cc1nc2c(c(N3CCCCC3)n1)CN(C(=O)c1ccco1)CC2. The van der Waals surface area contributed by atoms with Crippen LogP contribution in [0, 0.1) is 6.92 Å². The highest BCUT2D eigenvalue weighted by Crippen LogP contribution is 2.29. The molecule has 0 saturated carbocycles. The Morgan fingerprint density at radius 2 is 2.00 bits per heavy atom. The molecule has 24 heavy (non-hydrogen) atoms. The third kappa shape index (κ3) is 2.77. The number of nitrogens with zero attached hydrogens (tertiary/aromatic N) is 4. The summed E-state index contributed by atoms with van der Waals surface area (Å²) in [6.45, 7) is 5.25. The number of hydrogen-bond acceptors (Lipinski definition) is 5. The molecular weight excluding hydrogens is 304 g/mol. The lowest BCUT2D eigenvalue weighted by molar-refractivity contribution is 0.0701. The van der Waals surface area contributed by atoms with E-state index in [2.05, 4.69) is 9.88 Å². The predicted octanol–water partition coefficient (Wildman–Crippen LogP) is 2.57. The van der Waals surface area contributed by atoms with Gasteiger partial charge >= 0.3 is 0 Å². The number of hydrogen-bond donors (Lipinski definition) is 0. The smallest absolute Gasteiger partial charge is 0.289 e. The highest BCUT2D eigenvalue weighted by molar-refractivity contribution is 5.91. The Kier molecular flexibility index (Phi) is 3.96. The van der Waals surface area contributed by atoms with Gasteiger partial charge in [0, 0.05) is 31.6 Å². The summed E-state index contributed by atoms with van der Waals surface area (Å²) in [6, 6.07) is 3.46. The predicted molar refractivity (Wildman–Crippen MR) is 90.0 cm³/mol. The van der Waals surface area contributed by atoms with Crippen molar-refractivity contribution >= 4 is 11.7 Å². The van der Waals surface area contributed by atoms with Crippen LogP contribution in [0.25, 0.3) is 0 Å². The van der Waals surface area contributed by atoms with E-state index in [0.29, 0.717) is 18.8 Å². The Bertz CT molecular complexity index is 736. The van der Waals surface area contributed by atoms with Crippen LogP contribution in [0.5, 0.6) is 0 Å². The zero-order chi connectivity index (χ0) is 16.5. The van der Waals surface area contributed by atoms with E-state index in [1.165, 1.54) is 25.5 Å². The van der Waals surface area contributed by atoms with Gasteiger partial charge in [-0.2, -0.15) is 0 Å². The molecule has 2 aliphatic rings. The second-order valence-corrected chi connectivity index (χ2v) is 6.52. The van der Waals surface area contributed by atoms with Gasteiger partial charge in [0.1, 0.15) is 11.6 Å². The molecule has 0 bridgehead atoms. The lowest BCUT2D eigenvalue weighted by atomic mass is 10.0. The maximum atomic E-state index is 12.6. The zero-order valence-electron chi connectivity index (χ0n) is 14.0. The third-order valence-electron chi connectivity index (χ3n) is 4.83. The van der Waals surface area contributed by atoms with Crippen molar-refractivity contribution in [3.05, 3.63) is 41.2 Å². The molecule has 0 atom stereocenters. The standard InChI is InChI=1S/C18H22N4O2/c1-13-19-15-7-10-22(18(23)16-6-5-11-24-16)12-14(15)17(20-13)21-8-3-2-4-9-21/h5-6,11H,2-4,7-10,12H2,1H3. The van der Waals surface area contributed by atoms with Crippen molar-refractivity contribution in [2.75, 3.05) is 24.5 Å². The number of aromatic nitrogens is 2. The minimum Gasteiger partial charge on any atom is -0.459 e. The van der Waals surface area contributed by atoms with Crippen LogP contribution in [0.2, 0.25) is 0 Å². The summed E-state index contributed by atoms with van der Waals surface area (Å²) >= 11 is 0. The number of rotatable bonds is 2. The van der Waals surface area contributed by atoms with E-state index in [-0.39, 0.29) is 5.91 Å². The molecule has 0 N–H and O–H groups in total. The van der Waals surface area contributed by atoms with E-state index in [0.717, 1.165) is 42.4 Å². The maximum absolute atomic E-state index is 12.6. The number of anilines is 1. The lowest BCUT2D eigenvalue weighted by Gasteiger charge is -2.34. The zero-order valence-corrected chi connectivity index (χ0v) is 14.0. The molecule has 4 rings (SSSR count). The summed E-state index contributed by atoms with van der Waals surface area (Å²) in [5.41, 5.74) is 2.19. The van der Waals surface area contributed by atoms with E-state index >= 15 is 0 Å². The molecule has 1 saturated heterocycles. The van der Waals surface area contributed by atoms with E-state index in [1.54, 1.807) is 12.1 Å². The van der Waals surface area contributed by atoms with Gasteiger partial charge in [-0.1, -0.05) is 0 Å². The van der Waals surface area contributed by atoms with Crippen LogP contribution < -0.4 is 4.90 Å². The summed E-state index contributed by atoms with van der Waals surface area (Å²) in [7, 11) is 0. The number of piperidine rings is 1. The molecule has 4 heterocycles. The summed E-state index contributed by atoms with van der Waals surface area (Å²) in [4.78, 5) is 26.1. The van der Waals surface area contributed by atoms with Gasteiger partial charge in [0.15, 0.2) is 5.76 Å². The Morgan fingerprint density at radius 1 is 1.17 bits per heavy atom. The van der Waals surface area contributed by atoms with Gasteiger partial charge in [-0.15, -0.1) is 0 Å². The number of carbonyl (C=O) groups excluding carboxylic acids is 1. The Labute approximate surface area is 141 Å². The van der Waals surface area contributed by atoms with Crippen molar-refractivity contribution in [1.82, 2.24) is 14.9 Å². The molecule has 1 amide bonds. The maximum Gasteiger partial charge on any atom is 0.289 e. The third-order valence-corrected chi connectivity index (χ3v) is 4.83. The van der Waals surface area contributed by atoms with Crippen LogP contribution in [-0.2, 0) is 13.0 Å². The van der Waals surface area contributed by atoms with Gasteiger partial charge in [0.25, 0.3) is 5.91 Å². The minimum atomic E-state index is -0.0594. The minimum absolute atomic E-state index is 0.0594. The fraction of sp³-hybridized carbons (Fsp3) is 0.500. The first kappa shape index (κ1) is 15.2. The highest BCUT2D eigenvalue weighted by atomic mass is 16.3. The summed E-state index contributed by atoms with van der Waals surface area (Å²) in [5, 5.41) is 0. The summed E-state index contributed by atoms with van der Waals surface area (Å²) in [5.74, 6) is 2.18. The largest absolute Gasteiger partial charge is 0.459 e. The number of fused-ring (bicyclic) bond motifs is 1. The molecule has 0 radical (unpaired) electrons. The molecule has 126 valence electrons. The van der Waals surface area contributed by atoms with E-state index in [1.807, 2.05) is 11.8 Å². The molecule has 0 spiro atoms. The van der Waals surface area contributed by atoms with E-state index < -0.39 is 0 Å². The van der Waals surface area contributed by atoms with Gasteiger partial charge in [-0.25, -0.2) is 9.97 Å². The van der Waals surface area contributed by atoms with Crippen LogP contribution in [-0.4, -0.2) is 40.4 Å². The average Bonchev–Trinajstić information content (AvgIpc) is 3.15.